The van der Waals surface area contributed by atoms with Crippen LogP contribution in [0.5, 0.6) is 0 Å². The van der Waals surface area contributed by atoms with Gasteiger partial charge in [-0.1, -0.05) is 46.3 Å². The van der Waals surface area contributed by atoms with Gasteiger partial charge in [0.05, 0.1) is 12.6 Å². The van der Waals surface area contributed by atoms with Gasteiger partial charge in [-0.3, -0.25) is 0 Å². The summed E-state index contributed by atoms with van der Waals surface area (Å²) in [6.07, 6.45) is 0. The summed E-state index contributed by atoms with van der Waals surface area (Å²) >= 11 is 3.52. The molecule has 0 aliphatic heterocycles. The fraction of sp³-hybridized carbons (Fsp3) is 0.250. The molecule has 0 bridgehead atoms. The Morgan fingerprint density at radius 3 is 2.53 bits per heavy atom. The zero-order chi connectivity index (χ0) is 13.7. The van der Waals surface area contributed by atoms with Crippen molar-refractivity contribution >= 4 is 21.6 Å². The minimum atomic E-state index is 0.159. The standard InChI is InChI=1S/C16H18BrNO/c1-12-10-14(8-9-15(12)17)18-16(11-19-2)13-6-4-3-5-7-13/h3-10,16,18H,11H2,1-2H3. The van der Waals surface area contributed by atoms with Gasteiger partial charge in [-0.15, -0.1) is 0 Å². The highest BCUT2D eigenvalue weighted by Gasteiger charge is 2.11. The van der Waals surface area contributed by atoms with Crippen molar-refractivity contribution in [3.63, 3.8) is 0 Å². The van der Waals surface area contributed by atoms with Crippen molar-refractivity contribution in [2.45, 2.75) is 13.0 Å². The molecule has 2 nitrogen and oxygen atoms in total. The van der Waals surface area contributed by atoms with Crippen molar-refractivity contribution in [3.05, 3.63) is 64.1 Å². The molecule has 0 radical (unpaired) electrons. The molecule has 0 aliphatic carbocycles. The van der Waals surface area contributed by atoms with E-state index >= 15 is 0 Å². The largest absolute Gasteiger partial charge is 0.382 e. The molecule has 1 atom stereocenters. The van der Waals surface area contributed by atoms with E-state index in [1.54, 1.807) is 7.11 Å². The van der Waals surface area contributed by atoms with Gasteiger partial charge in [-0.25, -0.2) is 0 Å². The van der Waals surface area contributed by atoms with Gasteiger partial charge in [0.25, 0.3) is 0 Å². The first-order chi connectivity index (χ1) is 9.20. The maximum Gasteiger partial charge on any atom is 0.0747 e. The lowest BCUT2D eigenvalue weighted by atomic mass is 10.1. The normalized spacial score (nSPS) is 12.2. The van der Waals surface area contributed by atoms with E-state index in [9.17, 15) is 0 Å². The average molecular weight is 320 g/mol. The Morgan fingerprint density at radius 1 is 1.16 bits per heavy atom. The third-order valence-corrected chi connectivity index (χ3v) is 3.92. The third-order valence-electron chi connectivity index (χ3n) is 3.03. The van der Waals surface area contributed by atoms with E-state index in [1.807, 2.05) is 18.2 Å². The lowest BCUT2D eigenvalue weighted by Gasteiger charge is -2.20. The van der Waals surface area contributed by atoms with E-state index < -0.39 is 0 Å². The fourth-order valence-electron chi connectivity index (χ4n) is 2.01. The second-order valence-electron chi connectivity index (χ2n) is 4.53. The number of aryl methyl sites for hydroxylation is 1. The van der Waals surface area contributed by atoms with Crippen LogP contribution in [0.15, 0.2) is 53.0 Å². The summed E-state index contributed by atoms with van der Waals surface area (Å²) in [5.74, 6) is 0. The second kappa shape index (κ2) is 6.73. The molecule has 0 aliphatic rings. The number of anilines is 1. The number of halogens is 1. The molecule has 2 aromatic rings. The summed E-state index contributed by atoms with van der Waals surface area (Å²) in [6, 6.07) is 16.8. The van der Waals surface area contributed by atoms with Gasteiger partial charge in [0.1, 0.15) is 0 Å². The molecule has 0 fully saturated rings. The van der Waals surface area contributed by atoms with Crippen LogP contribution in [0.2, 0.25) is 0 Å². The average Bonchev–Trinajstić information content (AvgIpc) is 2.43. The number of hydrogen-bond acceptors (Lipinski definition) is 2. The number of ether oxygens (including phenoxy) is 1. The molecule has 2 rings (SSSR count). The summed E-state index contributed by atoms with van der Waals surface area (Å²) in [5.41, 5.74) is 3.55. The zero-order valence-electron chi connectivity index (χ0n) is 11.2. The van der Waals surface area contributed by atoms with Crippen LogP contribution >= 0.6 is 15.9 Å². The van der Waals surface area contributed by atoms with Crippen molar-refractivity contribution in [1.29, 1.82) is 0 Å². The maximum atomic E-state index is 5.31. The molecule has 2 aromatic carbocycles. The van der Waals surface area contributed by atoms with Crippen LogP contribution in [0.4, 0.5) is 5.69 Å². The minimum Gasteiger partial charge on any atom is -0.382 e. The molecular formula is C16H18BrNO. The summed E-state index contributed by atoms with van der Waals surface area (Å²) in [4.78, 5) is 0. The fourth-order valence-corrected chi connectivity index (χ4v) is 2.26. The van der Waals surface area contributed by atoms with Gasteiger partial charge in [-0.05, 0) is 36.2 Å². The summed E-state index contributed by atoms with van der Waals surface area (Å²) < 4.78 is 6.44. The van der Waals surface area contributed by atoms with Gasteiger partial charge in [0.15, 0.2) is 0 Å². The molecule has 1 unspecified atom stereocenters. The van der Waals surface area contributed by atoms with Crippen LogP contribution in [0.25, 0.3) is 0 Å². The number of rotatable bonds is 5. The first-order valence-corrected chi connectivity index (χ1v) is 7.06. The van der Waals surface area contributed by atoms with Crippen LogP contribution in [0, 0.1) is 6.92 Å². The Kier molecular flexibility index (Phi) is 5.00. The van der Waals surface area contributed by atoms with E-state index in [2.05, 4.69) is 58.5 Å². The molecule has 0 saturated heterocycles. The van der Waals surface area contributed by atoms with Crippen molar-refractivity contribution in [2.75, 3.05) is 19.0 Å². The Morgan fingerprint density at radius 2 is 1.89 bits per heavy atom. The van der Waals surface area contributed by atoms with Gasteiger partial charge < -0.3 is 10.1 Å². The minimum absolute atomic E-state index is 0.159. The number of hydrogen-bond donors (Lipinski definition) is 1. The van der Waals surface area contributed by atoms with Crippen molar-refractivity contribution in [2.24, 2.45) is 0 Å². The van der Waals surface area contributed by atoms with E-state index in [-0.39, 0.29) is 6.04 Å². The lowest BCUT2D eigenvalue weighted by Crippen LogP contribution is -2.16. The Hall–Kier alpha value is -1.32. The first-order valence-electron chi connectivity index (χ1n) is 6.27. The van der Waals surface area contributed by atoms with Crippen LogP contribution in [-0.4, -0.2) is 13.7 Å². The molecular weight excluding hydrogens is 302 g/mol. The highest BCUT2D eigenvalue weighted by molar-refractivity contribution is 9.10. The van der Waals surface area contributed by atoms with Crippen molar-refractivity contribution in [1.82, 2.24) is 0 Å². The monoisotopic (exact) mass is 319 g/mol. The van der Waals surface area contributed by atoms with Crippen molar-refractivity contribution in [3.8, 4) is 0 Å². The summed E-state index contributed by atoms with van der Waals surface area (Å²) in [5, 5.41) is 3.52. The molecule has 1 N–H and O–H groups in total. The lowest BCUT2D eigenvalue weighted by molar-refractivity contribution is 0.186. The Balaban J connectivity index is 2.19. The number of methoxy groups -OCH3 is 1. The Bertz CT molecular complexity index is 528. The molecule has 3 heteroatoms. The molecule has 0 saturated carbocycles. The molecule has 0 amide bonds. The van der Waals surface area contributed by atoms with E-state index in [0.717, 1.165) is 10.2 Å². The Labute approximate surface area is 122 Å². The van der Waals surface area contributed by atoms with E-state index in [0.29, 0.717) is 6.61 Å². The smallest absolute Gasteiger partial charge is 0.0747 e. The van der Waals surface area contributed by atoms with E-state index in [1.165, 1.54) is 11.1 Å². The van der Waals surface area contributed by atoms with Gasteiger partial charge in [0.2, 0.25) is 0 Å². The van der Waals surface area contributed by atoms with Crippen LogP contribution in [0.3, 0.4) is 0 Å². The SMILES string of the molecule is COCC(Nc1ccc(Br)c(C)c1)c1ccccc1. The zero-order valence-corrected chi connectivity index (χ0v) is 12.8. The molecule has 0 aromatic heterocycles. The van der Waals surface area contributed by atoms with Crippen LogP contribution in [0.1, 0.15) is 17.2 Å². The highest BCUT2D eigenvalue weighted by atomic mass is 79.9. The highest BCUT2D eigenvalue weighted by Crippen LogP contribution is 2.24. The van der Waals surface area contributed by atoms with Gasteiger partial charge >= 0.3 is 0 Å². The molecule has 0 spiro atoms. The van der Waals surface area contributed by atoms with Crippen LogP contribution in [-0.2, 0) is 4.74 Å². The predicted molar refractivity (Wildman–Crippen MR) is 83.6 cm³/mol. The van der Waals surface area contributed by atoms with Crippen LogP contribution < -0.4 is 5.32 Å². The van der Waals surface area contributed by atoms with Gasteiger partial charge in [-0.2, -0.15) is 0 Å². The topological polar surface area (TPSA) is 21.3 Å². The summed E-state index contributed by atoms with van der Waals surface area (Å²) in [6.45, 7) is 2.72. The van der Waals surface area contributed by atoms with Crippen molar-refractivity contribution < 1.29 is 4.74 Å². The predicted octanol–water partition coefficient (Wildman–Crippen LogP) is 4.56. The molecule has 0 heterocycles. The molecule has 100 valence electrons. The number of nitrogens with one attached hydrogen (secondary N) is 1. The quantitative estimate of drug-likeness (QED) is 0.872. The molecule has 19 heavy (non-hydrogen) atoms. The maximum absolute atomic E-state index is 5.31. The second-order valence-corrected chi connectivity index (χ2v) is 5.38. The third kappa shape index (κ3) is 3.82. The van der Waals surface area contributed by atoms with E-state index in [4.69, 9.17) is 4.74 Å². The van der Waals surface area contributed by atoms with Gasteiger partial charge in [0, 0.05) is 17.3 Å². The number of benzene rings is 2. The first kappa shape index (κ1) is 14.1. The summed E-state index contributed by atoms with van der Waals surface area (Å²) in [7, 11) is 1.73.